The molecule has 3 aromatic heterocycles. The van der Waals surface area contributed by atoms with E-state index >= 15 is 0 Å². The number of benzene rings is 1. The van der Waals surface area contributed by atoms with Crippen LogP contribution in [0.4, 0.5) is 17.5 Å². The van der Waals surface area contributed by atoms with Crippen LogP contribution in [0.25, 0.3) is 11.1 Å². The molecule has 158 valence electrons. The number of pyridine rings is 1. The van der Waals surface area contributed by atoms with Crippen molar-refractivity contribution in [2.24, 2.45) is 0 Å². The highest BCUT2D eigenvalue weighted by Crippen LogP contribution is 2.15. The summed E-state index contributed by atoms with van der Waals surface area (Å²) < 4.78 is 6.44. The Kier molecular flexibility index (Phi) is 5.88. The van der Waals surface area contributed by atoms with Gasteiger partial charge in [0.05, 0.1) is 5.52 Å². The number of aryl methyl sites for hydroxylation is 1. The second-order valence-electron chi connectivity index (χ2n) is 6.83. The van der Waals surface area contributed by atoms with Crippen molar-refractivity contribution in [3.05, 3.63) is 71.1 Å². The minimum atomic E-state index is -0.557. The molecule has 0 aliphatic carbocycles. The molecule has 0 saturated carbocycles. The summed E-state index contributed by atoms with van der Waals surface area (Å²) in [4.78, 5) is 36.8. The number of carbonyl (C=O) groups excluding carboxylic acids is 1. The summed E-state index contributed by atoms with van der Waals surface area (Å²) in [5.41, 5.74) is 2.13. The second-order valence-corrected chi connectivity index (χ2v) is 6.83. The van der Waals surface area contributed by atoms with Crippen molar-refractivity contribution in [3.63, 3.8) is 0 Å². The summed E-state index contributed by atoms with van der Waals surface area (Å²) in [6, 6.07) is 12.6. The molecule has 0 unspecified atom stereocenters. The summed E-state index contributed by atoms with van der Waals surface area (Å²) in [5.74, 6) is 1.06. The summed E-state index contributed by atoms with van der Waals surface area (Å²) in [7, 11) is 0. The zero-order chi connectivity index (χ0) is 21.6. The Labute approximate surface area is 177 Å². The molecule has 1 aromatic carbocycles. The normalized spacial score (nSPS) is 10.7. The van der Waals surface area contributed by atoms with Gasteiger partial charge in [0, 0.05) is 25.4 Å². The molecule has 0 atom stereocenters. The number of carbonyl (C=O) groups is 1. The van der Waals surface area contributed by atoms with Crippen LogP contribution in [0.15, 0.2) is 64.2 Å². The van der Waals surface area contributed by atoms with Gasteiger partial charge in [-0.3, -0.25) is 9.36 Å². The molecule has 4 rings (SSSR count). The number of nitrogens with zero attached hydrogens (tertiary/aromatic N) is 4. The molecule has 0 aliphatic rings. The SMILES string of the molecule is Cc1ccnc(Nc2cc(NCCNC(=O)Cn3c(=O)oc4ccccc43)ncn2)c1. The number of nitrogens with one attached hydrogen (secondary N) is 3. The van der Waals surface area contributed by atoms with Gasteiger partial charge in [0.25, 0.3) is 0 Å². The van der Waals surface area contributed by atoms with Gasteiger partial charge in [0.15, 0.2) is 5.58 Å². The van der Waals surface area contributed by atoms with Crippen molar-refractivity contribution < 1.29 is 9.21 Å². The molecular weight excluding hydrogens is 398 g/mol. The van der Waals surface area contributed by atoms with Gasteiger partial charge in [-0.05, 0) is 36.8 Å². The third-order valence-corrected chi connectivity index (χ3v) is 4.47. The van der Waals surface area contributed by atoms with E-state index < -0.39 is 5.76 Å². The Balaban J connectivity index is 1.27. The predicted octanol–water partition coefficient (Wildman–Crippen LogP) is 2.06. The van der Waals surface area contributed by atoms with Crippen LogP contribution in [0.1, 0.15) is 5.56 Å². The first-order chi connectivity index (χ1) is 15.1. The maximum Gasteiger partial charge on any atom is 0.420 e. The van der Waals surface area contributed by atoms with Crippen LogP contribution < -0.4 is 21.7 Å². The minimum Gasteiger partial charge on any atom is -0.408 e. The van der Waals surface area contributed by atoms with Crippen molar-refractivity contribution in [1.82, 2.24) is 24.8 Å². The fourth-order valence-corrected chi connectivity index (χ4v) is 3.01. The molecule has 31 heavy (non-hydrogen) atoms. The Morgan fingerprint density at radius 2 is 1.84 bits per heavy atom. The largest absolute Gasteiger partial charge is 0.420 e. The zero-order valence-corrected chi connectivity index (χ0v) is 16.8. The van der Waals surface area contributed by atoms with Crippen molar-refractivity contribution in [3.8, 4) is 0 Å². The average Bonchev–Trinajstić information content (AvgIpc) is 3.07. The van der Waals surface area contributed by atoms with E-state index in [9.17, 15) is 9.59 Å². The van der Waals surface area contributed by atoms with Gasteiger partial charge in [0.1, 0.15) is 30.3 Å². The fraction of sp³-hybridized carbons (Fsp3) is 0.190. The van der Waals surface area contributed by atoms with Crippen LogP contribution in [0.5, 0.6) is 0 Å². The van der Waals surface area contributed by atoms with Crippen molar-refractivity contribution in [1.29, 1.82) is 0 Å². The van der Waals surface area contributed by atoms with Crippen LogP contribution in [0.2, 0.25) is 0 Å². The first-order valence-corrected chi connectivity index (χ1v) is 9.69. The maximum atomic E-state index is 12.2. The van der Waals surface area contributed by atoms with Crippen LogP contribution >= 0.6 is 0 Å². The van der Waals surface area contributed by atoms with Gasteiger partial charge in [-0.25, -0.2) is 19.7 Å². The van der Waals surface area contributed by atoms with Crippen LogP contribution in [0.3, 0.4) is 0 Å². The molecular formula is C21H21N7O3. The van der Waals surface area contributed by atoms with Crippen LogP contribution in [-0.4, -0.2) is 38.5 Å². The minimum absolute atomic E-state index is 0.110. The van der Waals surface area contributed by atoms with E-state index in [1.165, 1.54) is 10.9 Å². The first-order valence-electron chi connectivity index (χ1n) is 9.69. The summed E-state index contributed by atoms with van der Waals surface area (Å²) in [6.07, 6.45) is 3.16. The predicted molar refractivity (Wildman–Crippen MR) is 116 cm³/mol. The lowest BCUT2D eigenvalue weighted by Gasteiger charge is -2.09. The number of hydrogen-bond donors (Lipinski definition) is 3. The summed E-state index contributed by atoms with van der Waals surface area (Å²) >= 11 is 0. The molecule has 4 aromatic rings. The number of anilines is 3. The second kappa shape index (κ2) is 9.08. The van der Waals surface area contributed by atoms with Gasteiger partial charge < -0.3 is 20.4 Å². The maximum absolute atomic E-state index is 12.2. The smallest absolute Gasteiger partial charge is 0.408 e. The summed E-state index contributed by atoms with van der Waals surface area (Å²) in [5, 5.41) is 9.02. The average molecular weight is 419 g/mol. The number of aromatic nitrogens is 4. The summed E-state index contributed by atoms with van der Waals surface area (Å²) in [6.45, 7) is 2.68. The van der Waals surface area contributed by atoms with Gasteiger partial charge in [-0.15, -0.1) is 0 Å². The number of hydrogen-bond acceptors (Lipinski definition) is 8. The Morgan fingerprint density at radius 1 is 1.03 bits per heavy atom. The van der Waals surface area contributed by atoms with Gasteiger partial charge in [-0.2, -0.15) is 0 Å². The molecule has 0 aliphatic heterocycles. The van der Waals surface area contributed by atoms with Crippen molar-refractivity contribution >= 4 is 34.5 Å². The highest BCUT2D eigenvalue weighted by Gasteiger charge is 2.11. The number of fused-ring (bicyclic) bond motifs is 1. The van der Waals surface area contributed by atoms with E-state index in [2.05, 4.69) is 30.9 Å². The molecule has 10 nitrogen and oxygen atoms in total. The zero-order valence-electron chi connectivity index (χ0n) is 16.8. The van der Waals surface area contributed by atoms with E-state index in [4.69, 9.17) is 4.42 Å². The highest BCUT2D eigenvalue weighted by molar-refractivity contribution is 5.79. The van der Waals surface area contributed by atoms with E-state index in [1.54, 1.807) is 36.5 Å². The lowest BCUT2D eigenvalue weighted by Crippen LogP contribution is -2.33. The fourth-order valence-electron chi connectivity index (χ4n) is 3.01. The highest BCUT2D eigenvalue weighted by atomic mass is 16.4. The topological polar surface area (TPSA) is 127 Å². The lowest BCUT2D eigenvalue weighted by atomic mass is 10.3. The lowest BCUT2D eigenvalue weighted by molar-refractivity contribution is -0.121. The van der Waals surface area contributed by atoms with Crippen molar-refractivity contribution in [2.75, 3.05) is 23.7 Å². The van der Waals surface area contributed by atoms with Gasteiger partial charge >= 0.3 is 5.76 Å². The standard InChI is InChI=1S/C21H21N7O3/c1-14-6-7-22-18(10-14)27-19-11-17(25-13-26-19)23-8-9-24-20(29)12-28-15-4-2-3-5-16(15)31-21(28)30/h2-7,10-11,13H,8-9,12H2,1H3,(H,24,29)(H2,22,23,25,26,27). The third-order valence-electron chi connectivity index (χ3n) is 4.47. The first kappa shape index (κ1) is 20.1. The molecule has 0 fully saturated rings. The molecule has 0 spiro atoms. The van der Waals surface area contributed by atoms with E-state index in [1.807, 2.05) is 19.1 Å². The molecule has 3 heterocycles. The Hall–Kier alpha value is -4.21. The number of amides is 1. The molecule has 3 N–H and O–H groups in total. The number of para-hydroxylation sites is 2. The van der Waals surface area contributed by atoms with Gasteiger partial charge in [0.2, 0.25) is 5.91 Å². The third kappa shape index (κ3) is 5.04. The van der Waals surface area contributed by atoms with Crippen molar-refractivity contribution in [2.45, 2.75) is 13.5 Å². The molecule has 1 amide bonds. The number of oxazole rings is 1. The van der Waals surface area contributed by atoms with E-state index in [0.717, 1.165) is 5.56 Å². The molecule has 0 bridgehead atoms. The van der Waals surface area contributed by atoms with Crippen LogP contribution in [0, 0.1) is 6.92 Å². The Bertz CT molecular complexity index is 1270. The number of rotatable bonds is 8. The van der Waals surface area contributed by atoms with Crippen LogP contribution in [-0.2, 0) is 11.3 Å². The quantitative estimate of drug-likeness (QED) is 0.371. The van der Waals surface area contributed by atoms with E-state index in [-0.39, 0.29) is 12.5 Å². The molecule has 0 saturated heterocycles. The van der Waals surface area contributed by atoms with Gasteiger partial charge in [-0.1, -0.05) is 12.1 Å². The molecule has 0 radical (unpaired) electrons. The van der Waals surface area contributed by atoms with E-state index in [0.29, 0.717) is 41.6 Å². The molecule has 10 heteroatoms. The monoisotopic (exact) mass is 419 g/mol. The Morgan fingerprint density at radius 3 is 2.71 bits per heavy atom.